The Hall–Kier alpha value is -2.25. The van der Waals surface area contributed by atoms with Gasteiger partial charge >= 0.3 is 0 Å². The normalized spacial score (nSPS) is 12.2. The number of carbonyl (C=O) groups excluding carboxylic acids is 1. The first kappa shape index (κ1) is 18.5. The number of carbonyl (C=O) groups is 1. The van der Waals surface area contributed by atoms with Gasteiger partial charge in [0.2, 0.25) is 5.91 Å². The van der Waals surface area contributed by atoms with Crippen molar-refractivity contribution in [1.82, 2.24) is 14.8 Å². The number of nitrogens with one attached hydrogen (secondary N) is 1. The average Bonchev–Trinajstić information content (AvgIpc) is 3.20. The second kappa shape index (κ2) is 7.97. The zero-order valence-corrected chi connectivity index (χ0v) is 16.3. The minimum Gasteiger partial charge on any atom is -0.469 e. The summed E-state index contributed by atoms with van der Waals surface area (Å²) in [4.78, 5) is 12.5. The van der Waals surface area contributed by atoms with Crippen molar-refractivity contribution >= 4 is 35.0 Å². The Morgan fingerprint density at radius 3 is 2.85 bits per heavy atom. The van der Waals surface area contributed by atoms with E-state index in [1.165, 1.54) is 11.8 Å². The number of rotatable bonds is 6. The van der Waals surface area contributed by atoms with Crippen LogP contribution in [0, 0.1) is 6.92 Å². The van der Waals surface area contributed by atoms with Crippen molar-refractivity contribution in [1.29, 1.82) is 0 Å². The molecule has 1 aromatic carbocycles. The fraction of sp³-hybridized carbons (Fsp3) is 0.278. The van der Waals surface area contributed by atoms with Crippen LogP contribution < -0.4 is 5.32 Å². The molecule has 1 N–H and O–H groups in total. The smallest absolute Gasteiger partial charge is 0.237 e. The Bertz CT molecular complexity index is 922. The number of nitrogens with zero attached hydrogens (tertiary/aromatic N) is 3. The van der Waals surface area contributed by atoms with E-state index in [0.29, 0.717) is 22.4 Å². The number of hydrogen-bond acceptors (Lipinski definition) is 5. The Labute approximate surface area is 160 Å². The maximum atomic E-state index is 12.5. The summed E-state index contributed by atoms with van der Waals surface area (Å²) in [5.41, 5.74) is 1.57. The molecule has 0 aliphatic rings. The Balaban J connectivity index is 1.75. The average molecular weight is 391 g/mol. The van der Waals surface area contributed by atoms with Crippen LogP contribution in [0.5, 0.6) is 0 Å². The van der Waals surface area contributed by atoms with E-state index in [4.69, 9.17) is 16.0 Å². The van der Waals surface area contributed by atoms with E-state index in [1.54, 1.807) is 30.5 Å². The molecule has 2 aromatic heterocycles. The first-order valence-corrected chi connectivity index (χ1v) is 9.46. The monoisotopic (exact) mass is 390 g/mol. The number of furan rings is 1. The zero-order valence-electron chi connectivity index (χ0n) is 14.7. The van der Waals surface area contributed by atoms with Crippen LogP contribution in [0.3, 0.4) is 0 Å². The molecule has 1 amide bonds. The fourth-order valence-electron chi connectivity index (χ4n) is 2.50. The molecular weight excluding hydrogens is 372 g/mol. The van der Waals surface area contributed by atoms with E-state index >= 15 is 0 Å². The summed E-state index contributed by atoms with van der Waals surface area (Å²) in [5, 5.41) is 12.3. The van der Waals surface area contributed by atoms with Crippen molar-refractivity contribution in [2.75, 3.05) is 5.32 Å². The predicted octanol–water partition coefficient (Wildman–Crippen LogP) is 4.64. The molecule has 3 rings (SSSR count). The second-order valence-electron chi connectivity index (χ2n) is 5.70. The number of halogens is 1. The van der Waals surface area contributed by atoms with Gasteiger partial charge in [-0.3, -0.25) is 4.79 Å². The van der Waals surface area contributed by atoms with Crippen molar-refractivity contribution in [3.63, 3.8) is 0 Å². The van der Waals surface area contributed by atoms with Crippen LogP contribution in [-0.4, -0.2) is 25.9 Å². The molecule has 136 valence electrons. The van der Waals surface area contributed by atoms with Crippen molar-refractivity contribution in [3.8, 4) is 11.4 Å². The van der Waals surface area contributed by atoms with E-state index in [-0.39, 0.29) is 11.2 Å². The molecule has 0 fully saturated rings. The maximum Gasteiger partial charge on any atom is 0.237 e. The van der Waals surface area contributed by atoms with Crippen molar-refractivity contribution in [2.24, 2.45) is 0 Å². The summed E-state index contributed by atoms with van der Waals surface area (Å²) >= 11 is 7.32. The highest BCUT2D eigenvalue weighted by Gasteiger charge is 2.21. The van der Waals surface area contributed by atoms with Gasteiger partial charge in [-0.15, -0.1) is 10.2 Å². The molecule has 0 radical (unpaired) electrons. The zero-order chi connectivity index (χ0) is 18.7. The van der Waals surface area contributed by atoms with Gasteiger partial charge in [-0.2, -0.15) is 0 Å². The summed E-state index contributed by atoms with van der Waals surface area (Å²) in [6.45, 7) is 6.43. The van der Waals surface area contributed by atoms with Gasteiger partial charge in [0, 0.05) is 17.3 Å². The van der Waals surface area contributed by atoms with Crippen LogP contribution >= 0.6 is 23.4 Å². The van der Waals surface area contributed by atoms with Gasteiger partial charge in [-0.05, 0) is 45.0 Å². The third-order valence-electron chi connectivity index (χ3n) is 3.88. The molecule has 0 aliphatic carbocycles. The first-order chi connectivity index (χ1) is 12.5. The Morgan fingerprint density at radius 1 is 1.38 bits per heavy atom. The number of aryl methyl sites for hydroxylation is 1. The minimum atomic E-state index is -0.346. The summed E-state index contributed by atoms with van der Waals surface area (Å²) in [5.74, 6) is 1.41. The van der Waals surface area contributed by atoms with E-state index in [9.17, 15) is 4.79 Å². The highest BCUT2D eigenvalue weighted by atomic mass is 35.5. The lowest BCUT2D eigenvalue weighted by atomic mass is 10.2. The summed E-state index contributed by atoms with van der Waals surface area (Å²) in [7, 11) is 0. The van der Waals surface area contributed by atoms with Crippen LogP contribution in [0.15, 0.2) is 46.2 Å². The van der Waals surface area contributed by atoms with Gasteiger partial charge in [-0.1, -0.05) is 29.4 Å². The Kier molecular flexibility index (Phi) is 5.68. The number of benzene rings is 1. The van der Waals surface area contributed by atoms with E-state index < -0.39 is 0 Å². The van der Waals surface area contributed by atoms with Gasteiger partial charge in [0.05, 0.1) is 17.1 Å². The van der Waals surface area contributed by atoms with E-state index in [0.717, 1.165) is 17.1 Å². The van der Waals surface area contributed by atoms with Crippen LogP contribution in [0.4, 0.5) is 5.69 Å². The van der Waals surface area contributed by atoms with Gasteiger partial charge in [0.1, 0.15) is 5.76 Å². The molecule has 26 heavy (non-hydrogen) atoms. The second-order valence-corrected chi connectivity index (χ2v) is 7.44. The van der Waals surface area contributed by atoms with Gasteiger partial charge in [-0.25, -0.2) is 0 Å². The Morgan fingerprint density at radius 2 is 2.19 bits per heavy atom. The molecule has 0 spiro atoms. The minimum absolute atomic E-state index is 0.121. The molecule has 0 saturated carbocycles. The number of hydrogen-bond donors (Lipinski definition) is 1. The molecule has 0 saturated heterocycles. The largest absolute Gasteiger partial charge is 0.469 e. The summed E-state index contributed by atoms with van der Waals surface area (Å²) in [6.07, 6.45) is 1.63. The van der Waals surface area contributed by atoms with Crippen molar-refractivity contribution < 1.29 is 9.21 Å². The highest BCUT2D eigenvalue weighted by molar-refractivity contribution is 8.00. The molecule has 3 aromatic rings. The molecule has 2 heterocycles. The fourth-order valence-corrected chi connectivity index (χ4v) is 3.60. The number of aromatic nitrogens is 3. The predicted molar refractivity (Wildman–Crippen MR) is 104 cm³/mol. The summed E-state index contributed by atoms with van der Waals surface area (Å²) in [6, 6.07) is 8.94. The molecule has 0 aliphatic heterocycles. The van der Waals surface area contributed by atoms with Crippen LogP contribution in [0.1, 0.15) is 19.6 Å². The molecule has 8 heteroatoms. The molecule has 6 nitrogen and oxygen atoms in total. The lowest BCUT2D eigenvalue weighted by molar-refractivity contribution is -0.115. The lowest BCUT2D eigenvalue weighted by Gasteiger charge is -2.13. The van der Waals surface area contributed by atoms with Gasteiger partial charge in [0.25, 0.3) is 0 Å². The van der Waals surface area contributed by atoms with Gasteiger partial charge in [0.15, 0.2) is 11.0 Å². The third-order valence-corrected chi connectivity index (χ3v) is 5.19. The summed E-state index contributed by atoms with van der Waals surface area (Å²) < 4.78 is 7.34. The van der Waals surface area contributed by atoms with Crippen LogP contribution in [0.2, 0.25) is 5.02 Å². The molecule has 1 atom stereocenters. The third kappa shape index (κ3) is 3.94. The van der Waals surface area contributed by atoms with Crippen LogP contribution in [-0.2, 0) is 11.3 Å². The SMILES string of the molecule is CCn1c(S[C@H](C)C(=O)Nc2cccc(Cl)c2)nnc1-c1ccoc1C. The number of amides is 1. The van der Waals surface area contributed by atoms with Gasteiger partial charge < -0.3 is 14.3 Å². The van der Waals surface area contributed by atoms with E-state index in [1.807, 2.05) is 31.4 Å². The number of anilines is 1. The molecule has 0 unspecified atom stereocenters. The highest BCUT2D eigenvalue weighted by Crippen LogP contribution is 2.29. The number of thioether (sulfide) groups is 1. The van der Waals surface area contributed by atoms with Crippen LogP contribution in [0.25, 0.3) is 11.4 Å². The molecular formula is C18H19ClN4O2S. The molecule has 0 bridgehead atoms. The quantitative estimate of drug-likeness (QED) is 0.620. The topological polar surface area (TPSA) is 73.0 Å². The first-order valence-electron chi connectivity index (χ1n) is 8.20. The standard InChI is InChI=1S/C18H19ClN4O2S/c1-4-23-16(15-8-9-25-11(15)2)21-22-18(23)26-12(3)17(24)20-14-7-5-6-13(19)10-14/h5-10,12H,4H2,1-3H3,(H,20,24)/t12-/m1/s1. The lowest BCUT2D eigenvalue weighted by Crippen LogP contribution is -2.22. The van der Waals surface area contributed by atoms with E-state index in [2.05, 4.69) is 15.5 Å². The maximum absolute atomic E-state index is 12.5. The van der Waals surface area contributed by atoms with Crippen molar-refractivity contribution in [3.05, 3.63) is 47.4 Å². The van der Waals surface area contributed by atoms with Crippen molar-refractivity contribution in [2.45, 2.75) is 37.7 Å².